The molecule has 0 amide bonds. The first-order chi connectivity index (χ1) is 8.16. The van der Waals surface area contributed by atoms with E-state index in [4.69, 9.17) is 9.47 Å². The molecule has 1 heterocycles. The Bertz CT molecular complexity index is 417. The number of hydrogen-bond acceptors (Lipinski definition) is 2. The van der Waals surface area contributed by atoms with Gasteiger partial charge in [0.1, 0.15) is 0 Å². The Hall–Kier alpha value is -0.510. The van der Waals surface area contributed by atoms with Crippen LogP contribution in [0.15, 0.2) is 30.3 Å². The fraction of sp³-hybridized carbons (Fsp3) is 0.429. The summed E-state index contributed by atoms with van der Waals surface area (Å²) in [6, 6.07) is 10.1. The minimum absolute atomic E-state index is 0.248. The molecule has 90 valence electrons. The van der Waals surface area contributed by atoms with Crippen molar-refractivity contribution in [3.8, 4) is 9.89 Å². The molecule has 1 saturated heterocycles. The van der Waals surface area contributed by atoms with Gasteiger partial charge in [-0.1, -0.05) is 0 Å². The molecular weight excluding hydrogens is 328 g/mol. The van der Waals surface area contributed by atoms with E-state index in [0.29, 0.717) is 6.61 Å². The molecule has 0 N–H and O–H groups in total. The van der Waals surface area contributed by atoms with E-state index in [1.807, 2.05) is 44.2 Å². The standard InChI is InChI=1S/C14H16O2Te/c1-14(2)15-10-13(16-14)11-17-9-8-12-6-4-3-5-7-12/h3-7,13H,10-11H2,1-2H3. The zero-order chi connectivity index (χ0) is 12.1. The zero-order valence-corrected chi connectivity index (χ0v) is 12.4. The fourth-order valence-corrected chi connectivity index (χ4v) is 3.38. The maximum atomic E-state index is 5.74. The third-order valence-corrected chi connectivity index (χ3v) is 4.62. The van der Waals surface area contributed by atoms with Gasteiger partial charge in [0, 0.05) is 0 Å². The Kier molecular flexibility index (Phi) is 4.48. The molecule has 0 aromatic heterocycles. The monoisotopic (exact) mass is 346 g/mol. The van der Waals surface area contributed by atoms with Crippen molar-refractivity contribution in [2.24, 2.45) is 0 Å². The second-order valence-electron chi connectivity index (χ2n) is 4.35. The molecule has 0 radical (unpaired) electrons. The van der Waals surface area contributed by atoms with Gasteiger partial charge in [0.2, 0.25) is 0 Å². The molecule has 2 nitrogen and oxygen atoms in total. The van der Waals surface area contributed by atoms with Gasteiger partial charge in [-0.3, -0.25) is 0 Å². The summed E-state index contributed by atoms with van der Waals surface area (Å²) in [6.07, 6.45) is 0.248. The molecule has 1 fully saturated rings. The molecule has 1 aliphatic heterocycles. The van der Waals surface area contributed by atoms with Gasteiger partial charge < -0.3 is 0 Å². The van der Waals surface area contributed by atoms with E-state index >= 15 is 0 Å². The van der Waals surface area contributed by atoms with Crippen LogP contribution in [0, 0.1) is 9.89 Å². The maximum absolute atomic E-state index is 5.74. The first-order valence-corrected chi connectivity index (χ1v) is 8.47. The predicted molar refractivity (Wildman–Crippen MR) is 68.8 cm³/mol. The summed E-state index contributed by atoms with van der Waals surface area (Å²) in [5.41, 5.74) is 1.10. The molecule has 2 rings (SSSR count). The van der Waals surface area contributed by atoms with Crippen LogP contribution in [-0.4, -0.2) is 39.4 Å². The summed E-state index contributed by atoms with van der Waals surface area (Å²) in [5, 5.41) is 0. The van der Waals surface area contributed by atoms with Crippen LogP contribution in [0.5, 0.6) is 0 Å². The summed E-state index contributed by atoms with van der Waals surface area (Å²) < 4.78 is 15.6. The van der Waals surface area contributed by atoms with E-state index in [2.05, 4.69) is 9.89 Å². The van der Waals surface area contributed by atoms with Crippen molar-refractivity contribution in [1.29, 1.82) is 0 Å². The Labute approximate surface area is 113 Å². The first kappa shape index (κ1) is 12.9. The van der Waals surface area contributed by atoms with Crippen LogP contribution in [-0.2, 0) is 9.47 Å². The molecule has 1 unspecified atom stereocenters. The van der Waals surface area contributed by atoms with E-state index in [-0.39, 0.29) is 27.0 Å². The molecule has 0 aliphatic carbocycles. The molecule has 1 aromatic carbocycles. The van der Waals surface area contributed by atoms with Gasteiger partial charge in [-0.15, -0.1) is 0 Å². The fourth-order valence-electron chi connectivity index (χ4n) is 1.60. The van der Waals surface area contributed by atoms with Crippen molar-refractivity contribution in [2.45, 2.75) is 30.2 Å². The van der Waals surface area contributed by atoms with Crippen LogP contribution in [0.25, 0.3) is 0 Å². The third kappa shape index (κ3) is 4.34. The zero-order valence-electron chi connectivity index (χ0n) is 10.1. The Morgan fingerprint density at radius 3 is 2.76 bits per heavy atom. The van der Waals surface area contributed by atoms with Crippen LogP contribution < -0.4 is 0 Å². The van der Waals surface area contributed by atoms with Gasteiger partial charge in [-0.2, -0.15) is 0 Å². The molecule has 1 aromatic rings. The van der Waals surface area contributed by atoms with E-state index in [9.17, 15) is 0 Å². The van der Waals surface area contributed by atoms with Crippen molar-refractivity contribution in [1.82, 2.24) is 0 Å². The molecule has 0 saturated carbocycles. The SMILES string of the molecule is CC1(C)OCC(C[Te]C#Cc2ccccc2)O1. The van der Waals surface area contributed by atoms with Crippen molar-refractivity contribution in [3.63, 3.8) is 0 Å². The van der Waals surface area contributed by atoms with E-state index < -0.39 is 5.79 Å². The van der Waals surface area contributed by atoms with Gasteiger partial charge >= 0.3 is 113 Å². The Balaban J connectivity index is 1.76. The van der Waals surface area contributed by atoms with Gasteiger partial charge in [-0.25, -0.2) is 0 Å². The minimum atomic E-state index is -0.398. The van der Waals surface area contributed by atoms with E-state index in [0.717, 1.165) is 10.0 Å². The number of hydrogen-bond donors (Lipinski definition) is 0. The van der Waals surface area contributed by atoms with Crippen LogP contribution in [0.2, 0.25) is 4.47 Å². The number of rotatable bonds is 2. The van der Waals surface area contributed by atoms with Crippen LogP contribution in [0.3, 0.4) is 0 Å². The molecule has 0 bridgehead atoms. The van der Waals surface area contributed by atoms with Gasteiger partial charge in [-0.05, 0) is 0 Å². The second-order valence-corrected chi connectivity index (χ2v) is 6.71. The van der Waals surface area contributed by atoms with E-state index in [1.165, 1.54) is 0 Å². The summed E-state index contributed by atoms with van der Waals surface area (Å²) in [5.74, 6) is 2.80. The normalized spacial score (nSPS) is 21.9. The quantitative estimate of drug-likeness (QED) is 0.606. The topological polar surface area (TPSA) is 18.5 Å². The van der Waals surface area contributed by atoms with Crippen LogP contribution in [0.4, 0.5) is 0 Å². The Morgan fingerprint density at radius 1 is 1.35 bits per heavy atom. The number of ether oxygens (including phenoxy) is 2. The molecule has 1 atom stereocenters. The van der Waals surface area contributed by atoms with Crippen molar-refractivity contribution < 1.29 is 9.47 Å². The second kappa shape index (κ2) is 5.89. The Morgan fingerprint density at radius 2 is 2.12 bits per heavy atom. The number of benzene rings is 1. The van der Waals surface area contributed by atoms with Gasteiger partial charge in [0.15, 0.2) is 0 Å². The van der Waals surface area contributed by atoms with Crippen LogP contribution in [0.1, 0.15) is 19.4 Å². The van der Waals surface area contributed by atoms with Gasteiger partial charge in [0.05, 0.1) is 0 Å². The summed E-state index contributed by atoms with van der Waals surface area (Å²) in [7, 11) is 0. The average Bonchev–Trinajstić information content (AvgIpc) is 2.66. The molecule has 3 heteroatoms. The third-order valence-electron chi connectivity index (χ3n) is 2.38. The molecule has 17 heavy (non-hydrogen) atoms. The van der Waals surface area contributed by atoms with Crippen molar-refractivity contribution >= 4 is 20.9 Å². The van der Waals surface area contributed by atoms with Crippen molar-refractivity contribution in [2.75, 3.05) is 6.61 Å². The van der Waals surface area contributed by atoms with Crippen LogP contribution >= 0.6 is 0 Å². The summed E-state index contributed by atoms with van der Waals surface area (Å²) in [6.45, 7) is 4.64. The van der Waals surface area contributed by atoms with Gasteiger partial charge in [0.25, 0.3) is 0 Å². The van der Waals surface area contributed by atoms with E-state index in [1.54, 1.807) is 0 Å². The molecular formula is C14H16O2Te. The summed E-state index contributed by atoms with van der Waals surface area (Å²) >= 11 is -0.298. The predicted octanol–water partition coefficient (Wildman–Crippen LogP) is 2.27. The first-order valence-electron chi connectivity index (χ1n) is 5.65. The summed E-state index contributed by atoms with van der Waals surface area (Å²) in [4.78, 5) is 0. The molecule has 0 spiro atoms. The van der Waals surface area contributed by atoms with Crippen molar-refractivity contribution in [3.05, 3.63) is 35.9 Å². The average molecular weight is 344 g/mol. The molecule has 1 aliphatic rings.